The van der Waals surface area contributed by atoms with Crippen molar-refractivity contribution >= 4 is 23.0 Å². The first-order valence-electron chi connectivity index (χ1n) is 3.90. The maximum absolute atomic E-state index is 12.7. The number of thiocarbonyl (C=S) groups is 1. The molecule has 0 radical (unpaired) electrons. The number of ether oxygens (including phenoxy) is 1. The topological polar surface area (TPSA) is 47.3 Å². The third kappa shape index (κ3) is 3.89. The predicted molar refractivity (Wildman–Crippen MR) is 53.5 cm³/mol. The monoisotopic (exact) mass is 254 g/mol. The summed E-state index contributed by atoms with van der Waals surface area (Å²) in [7, 11) is 0. The van der Waals surface area contributed by atoms with Crippen molar-refractivity contribution in [2.75, 3.05) is 5.32 Å². The molecule has 0 aromatic heterocycles. The molecular formula is C8H6F4N2OS. The van der Waals surface area contributed by atoms with Gasteiger partial charge in [-0.25, -0.2) is 4.39 Å². The van der Waals surface area contributed by atoms with Crippen molar-refractivity contribution in [1.82, 2.24) is 0 Å². The summed E-state index contributed by atoms with van der Waals surface area (Å²) in [4.78, 5) is 0. The first-order valence-corrected chi connectivity index (χ1v) is 4.30. The van der Waals surface area contributed by atoms with E-state index in [0.29, 0.717) is 6.07 Å². The molecule has 3 N–H and O–H groups in total. The summed E-state index contributed by atoms with van der Waals surface area (Å²) in [5.41, 5.74) is 4.92. The van der Waals surface area contributed by atoms with Gasteiger partial charge in [-0.05, 0) is 24.4 Å². The summed E-state index contributed by atoms with van der Waals surface area (Å²) in [6, 6.07) is 2.56. The fourth-order valence-electron chi connectivity index (χ4n) is 0.941. The minimum atomic E-state index is -4.92. The molecule has 0 fully saturated rings. The molecule has 0 saturated heterocycles. The highest BCUT2D eigenvalue weighted by molar-refractivity contribution is 7.80. The Morgan fingerprint density at radius 2 is 2.00 bits per heavy atom. The highest BCUT2D eigenvalue weighted by atomic mass is 32.1. The summed E-state index contributed by atoms with van der Waals surface area (Å²) < 4.78 is 52.2. The summed E-state index contributed by atoms with van der Waals surface area (Å²) in [5.74, 6) is -1.60. The predicted octanol–water partition coefficient (Wildman–Crippen LogP) is 2.38. The van der Waals surface area contributed by atoms with Crippen molar-refractivity contribution < 1.29 is 22.3 Å². The average Bonchev–Trinajstić information content (AvgIpc) is 2.06. The van der Waals surface area contributed by atoms with Crippen LogP contribution in [0.15, 0.2) is 18.2 Å². The molecule has 0 amide bonds. The Morgan fingerprint density at radius 1 is 1.38 bits per heavy atom. The second-order valence-electron chi connectivity index (χ2n) is 2.68. The van der Waals surface area contributed by atoms with E-state index in [-0.39, 0.29) is 10.8 Å². The van der Waals surface area contributed by atoms with E-state index in [1.54, 1.807) is 0 Å². The highest BCUT2D eigenvalue weighted by Gasteiger charge is 2.32. The normalized spacial score (nSPS) is 11.0. The summed E-state index contributed by atoms with van der Waals surface area (Å²) in [6.07, 6.45) is -4.92. The molecule has 0 aliphatic carbocycles. The average molecular weight is 254 g/mol. The number of nitrogens with one attached hydrogen (secondary N) is 1. The van der Waals surface area contributed by atoms with Crippen LogP contribution in [0.4, 0.5) is 23.2 Å². The van der Waals surface area contributed by atoms with E-state index < -0.39 is 17.9 Å². The van der Waals surface area contributed by atoms with E-state index >= 15 is 0 Å². The van der Waals surface area contributed by atoms with Crippen LogP contribution in [0.1, 0.15) is 0 Å². The summed E-state index contributed by atoms with van der Waals surface area (Å²) >= 11 is 4.45. The lowest BCUT2D eigenvalue weighted by Gasteiger charge is -2.13. The van der Waals surface area contributed by atoms with E-state index in [2.05, 4.69) is 22.3 Å². The lowest BCUT2D eigenvalue weighted by molar-refractivity contribution is -0.274. The van der Waals surface area contributed by atoms with Crippen LogP contribution in [0.5, 0.6) is 5.75 Å². The van der Waals surface area contributed by atoms with Crippen LogP contribution in [0.2, 0.25) is 0 Å². The largest absolute Gasteiger partial charge is 0.573 e. The fourth-order valence-corrected chi connectivity index (χ4v) is 1.05. The van der Waals surface area contributed by atoms with Crippen LogP contribution < -0.4 is 15.8 Å². The van der Waals surface area contributed by atoms with Crippen LogP contribution in [-0.4, -0.2) is 11.5 Å². The van der Waals surface area contributed by atoms with E-state index in [9.17, 15) is 17.6 Å². The van der Waals surface area contributed by atoms with Crippen molar-refractivity contribution in [3.05, 3.63) is 24.0 Å². The number of anilines is 1. The Bertz CT molecular complexity index is 408. The number of benzene rings is 1. The standard InChI is InChI=1S/C8H6F4N2OS/c9-4-1-2-5(14-7(13)16)6(3-4)15-8(10,11)12/h1-3H,(H3,13,14,16). The number of rotatable bonds is 2. The number of alkyl halides is 3. The molecule has 0 aliphatic heterocycles. The van der Waals surface area contributed by atoms with Gasteiger partial charge in [0, 0.05) is 6.07 Å². The van der Waals surface area contributed by atoms with E-state index in [1.807, 2.05) is 0 Å². The lowest BCUT2D eigenvalue weighted by Crippen LogP contribution is -2.22. The fraction of sp³-hybridized carbons (Fsp3) is 0.125. The number of nitrogens with two attached hydrogens (primary N) is 1. The molecule has 0 aliphatic rings. The van der Waals surface area contributed by atoms with Gasteiger partial charge in [0.25, 0.3) is 0 Å². The van der Waals surface area contributed by atoms with Gasteiger partial charge in [-0.15, -0.1) is 13.2 Å². The van der Waals surface area contributed by atoms with Crippen LogP contribution in [0.25, 0.3) is 0 Å². The second-order valence-corrected chi connectivity index (χ2v) is 3.12. The van der Waals surface area contributed by atoms with Crippen LogP contribution >= 0.6 is 12.2 Å². The molecule has 0 heterocycles. The summed E-state index contributed by atoms with van der Waals surface area (Å²) in [5, 5.41) is 1.99. The molecule has 0 unspecified atom stereocenters. The maximum atomic E-state index is 12.7. The molecule has 88 valence electrons. The Morgan fingerprint density at radius 3 is 2.50 bits per heavy atom. The molecule has 0 saturated carbocycles. The third-order valence-electron chi connectivity index (χ3n) is 1.43. The Kier molecular flexibility index (Phi) is 3.53. The molecule has 8 heteroatoms. The Hall–Kier alpha value is -1.57. The first kappa shape index (κ1) is 12.5. The number of halogens is 4. The zero-order valence-electron chi connectivity index (χ0n) is 7.64. The van der Waals surface area contributed by atoms with Gasteiger partial charge in [-0.2, -0.15) is 0 Å². The van der Waals surface area contributed by atoms with E-state index in [1.165, 1.54) is 0 Å². The van der Waals surface area contributed by atoms with Gasteiger partial charge in [-0.3, -0.25) is 0 Å². The quantitative estimate of drug-likeness (QED) is 0.628. The third-order valence-corrected chi connectivity index (χ3v) is 1.53. The second kappa shape index (κ2) is 4.52. The smallest absolute Gasteiger partial charge is 0.403 e. The van der Waals surface area contributed by atoms with Gasteiger partial charge in [-0.1, -0.05) is 0 Å². The Labute approximate surface area is 93.2 Å². The zero-order valence-corrected chi connectivity index (χ0v) is 8.45. The molecule has 16 heavy (non-hydrogen) atoms. The van der Waals surface area contributed by atoms with Crippen molar-refractivity contribution in [3.63, 3.8) is 0 Å². The minimum absolute atomic E-state index is 0.161. The van der Waals surface area contributed by atoms with Gasteiger partial charge in [0.05, 0.1) is 5.69 Å². The van der Waals surface area contributed by atoms with Crippen molar-refractivity contribution in [2.24, 2.45) is 5.73 Å². The van der Waals surface area contributed by atoms with E-state index in [4.69, 9.17) is 5.73 Å². The molecule has 0 bridgehead atoms. The van der Waals surface area contributed by atoms with Crippen LogP contribution in [-0.2, 0) is 0 Å². The molecule has 1 rings (SSSR count). The lowest BCUT2D eigenvalue weighted by atomic mass is 10.3. The van der Waals surface area contributed by atoms with Gasteiger partial charge >= 0.3 is 6.36 Å². The van der Waals surface area contributed by atoms with Crippen LogP contribution in [0.3, 0.4) is 0 Å². The molecule has 1 aromatic rings. The van der Waals surface area contributed by atoms with Gasteiger partial charge in [0.15, 0.2) is 10.9 Å². The summed E-state index contributed by atoms with van der Waals surface area (Å²) in [6.45, 7) is 0. The first-order chi connectivity index (χ1) is 7.28. The van der Waals surface area contributed by atoms with Crippen molar-refractivity contribution in [2.45, 2.75) is 6.36 Å². The number of hydrogen-bond acceptors (Lipinski definition) is 2. The minimum Gasteiger partial charge on any atom is -0.403 e. The molecular weight excluding hydrogens is 248 g/mol. The van der Waals surface area contributed by atoms with Gasteiger partial charge in [0.2, 0.25) is 0 Å². The molecule has 0 spiro atoms. The number of hydrogen-bond donors (Lipinski definition) is 2. The Balaban J connectivity index is 3.03. The maximum Gasteiger partial charge on any atom is 0.573 e. The highest BCUT2D eigenvalue weighted by Crippen LogP contribution is 2.30. The molecule has 1 aromatic carbocycles. The zero-order chi connectivity index (χ0) is 12.3. The van der Waals surface area contributed by atoms with Gasteiger partial charge < -0.3 is 15.8 Å². The van der Waals surface area contributed by atoms with Crippen LogP contribution in [0, 0.1) is 5.82 Å². The van der Waals surface area contributed by atoms with E-state index in [0.717, 1.165) is 12.1 Å². The van der Waals surface area contributed by atoms with Crippen molar-refractivity contribution in [3.8, 4) is 5.75 Å². The van der Waals surface area contributed by atoms with Gasteiger partial charge in [0.1, 0.15) is 5.82 Å². The van der Waals surface area contributed by atoms with Crippen molar-refractivity contribution in [1.29, 1.82) is 0 Å². The SMILES string of the molecule is NC(=S)Nc1ccc(F)cc1OC(F)(F)F. The molecule has 0 atom stereocenters. The molecule has 3 nitrogen and oxygen atoms in total.